The van der Waals surface area contributed by atoms with Gasteiger partial charge in [-0.25, -0.2) is 4.79 Å². The molecule has 0 aliphatic heterocycles. The molecule has 0 aliphatic carbocycles. The largest absolute Gasteiger partial charge is 0.461 e. The van der Waals surface area contributed by atoms with E-state index < -0.39 is 53.7 Å². The van der Waals surface area contributed by atoms with Crippen LogP contribution in [0.1, 0.15) is 65.4 Å². The zero-order valence-electron chi connectivity index (χ0n) is 25.5. The van der Waals surface area contributed by atoms with Gasteiger partial charge in [0, 0.05) is 50.3 Å². The van der Waals surface area contributed by atoms with Gasteiger partial charge < -0.3 is 36.5 Å². The highest BCUT2D eigenvalue weighted by Gasteiger charge is 2.31. The summed E-state index contributed by atoms with van der Waals surface area (Å²) in [5, 5.41) is 11.5. The molecule has 0 saturated heterocycles. The zero-order valence-corrected chi connectivity index (χ0v) is 25.5. The summed E-state index contributed by atoms with van der Waals surface area (Å²) in [6, 6.07) is 4.15. The number of ketones is 1. The van der Waals surface area contributed by atoms with E-state index in [2.05, 4.69) is 31.0 Å². The number of nitrogens with one attached hydrogen (secondary N) is 5. The predicted octanol–water partition coefficient (Wildman–Crippen LogP) is 1.09. The number of para-hydroxylation sites is 1. The standard InChI is InChI=1S/C30H41N7O7/c1-18(2)44-30(43)26(13-12-22(40)17-34-31)37-28(41)25(11-7-8-14-32-19(3)38)36-29(42)27(35-20(4)39)15-21-16-33-24-10-6-5-9-23(21)24/h5-6,9-10,16-18,25-27,33H,7-8,11-15H2,1-4H3,(H,32,38)(H,35,39)(H,36,42)(H,37,41)/t25-,26-,27-/m0/s1. The van der Waals surface area contributed by atoms with Crippen molar-refractivity contribution in [1.82, 2.24) is 26.3 Å². The lowest BCUT2D eigenvalue weighted by molar-refractivity contribution is -0.152. The van der Waals surface area contributed by atoms with E-state index in [1.807, 2.05) is 24.3 Å². The van der Waals surface area contributed by atoms with E-state index in [1.54, 1.807) is 20.0 Å². The Hall–Kier alpha value is -4.84. The second-order valence-corrected chi connectivity index (χ2v) is 10.7. The van der Waals surface area contributed by atoms with Crippen LogP contribution in [0, 0.1) is 0 Å². The lowest BCUT2D eigenvalue weighted by Crippen LogP contribution is -2.56. The fraction of sp³-hybridized carbons (Fsp3) is 0.500. The lowest BCUT2D eigenvalue weighted by Gasteiger charge is -2.25. The van der Waals surface area contributed by atoms with E-state index in [4.69, 9.17) is 10.3 Å². The summed E-state index contributed by atoms with van der Waals surface area (Å²) in [6.45, 7) is 6.31. The number of aromatic nitrogens is 1. The first-order valence-electron chi connectivity index (χ1n) is 14.5. The molecule has 1 aromatic heterocycles. The number of aromatic amines is 1. The SMILES string of the molecule is CC(=O)NCCCC[C@H](NC(=O)[C@H](Cc1c[nH]c2ccccc12)NC(C)=O)C(=O)N[C@@H](CCC(=O)C=[N+]=[N-])C(=O)OC(C)C. The average molecular weight is 612 g/mol. The van der Waals surface area contributed by atoms with Crippen molar-refractivity contribution in [2.24, 2.45) is 0 Å². The van der Waals surface area contributed by atoms with Crippen molar-refractivity contribution in [2.45, 2.75) is 90.4 Å². The summed E-state index contributed by atoms with van der Waals surface area (Å²) < 4.78 is 5.25. The second kappa shape index (κ2) is 18.0. The molecular weight excluding hydrogens is 570 g/mol. The van der Waals surface area contributed by atoms with Crippen LogP contribution in [0.5, 0.6) is 0 Å². The van der Waals surface area contributed by atoms with E-state index in [-0.39, 0.29) is 31.6 Å². The van der Waals surface area contributed by atoms with Gasteiger partial charge in [0.15, 0.2) is 0 Å². The summed E-state index contributed by atoms with van der Waals surface area (Å²) >= 11 is 0. The van der Waals surface area contributed by atoms with Crippen molar-refractivity contribution in [3.63, 3.8) is 0 Å². The van der Waals surface area contributed by atoms with Gasteiger partial charge in [-0.15, -0.1) is 0 Å². The monoisotopic (exact) mass is 611 g/mol. The fourth-order valence-electron chi connectivity index (χ4n) is 4.51. The van der Waals surface area contributed by atoms with E-state index in [0.717, 1.165) is 16.5 Å². The first-order chi connectivity index (χ1) is 20.9. The molecule has 238 valence electrons. The third-order valence-electron chi connectivity index (χ3n) is 6.55. The number of unbranched alkanes of at least 4 members (excludes halogenated alkanes) is 1. The highest BCUT2D eigenvalue weighted by atomic mass is 16.5. The smallest absolute Gasteiger partial charge is 0.328 e. The van der Waals surface area contributed by atoms with Crippen molar-refractivity contribution >= 4 is 52.5 Å². The van der Waals surface area contributed by atoms with Crippen LogP contribution < -0.4 is 21.3 Å². The molecule has 0 unspecified atom stereocenters. The van der Waals surface area contributed by atoms with E-state index in [9.17, 15) is 28.8 Å². The molecular formula is C30H41N7O7. The molecule has 4 amide bonds. The van der Waals surface area contributed by atoms with Crippen LogP contribution in [0.2, 0.25) is 0 Å². The Balaban J connectivity index is 2.26. The summed E-state index contributed by atoms with van der Waals surface area (Å²) in [5.74, 6) is -3.27. The Morgan fingerprint density at radius 2 is 1.59 bits per heavy atom. The molecule has 44 heavy (non-hydrogen) atoms. The molecule has 0 spiro atoms. The summed E-state index contributed by atoms with van der Waals surface area (Å²) in [5.41, 5.74) is 10.3. The molecule has 0 bridgehead atoms. The van der Waals surface area contributed by atoms with Gasteiger partial charge in [-0.1, -0.05) is 18.2 Å². The van der Waals surface area contributed by atoms with E-state index >= 15 is 0 Å². The van der Waals surface area contributed by atoms with Crippen molar-refractivity contribution in [3.05, 3.63) is 41.6 Å². The topological polar surface area (TPSA) is 212 Å². The number of H-pyrrole nitrogens is 1. The molecule has 0 fully saturated rings. The van der Waals surface area contributed by atoms with Crippen LogP contribution >= 0.6 is 0 Å². The third-order valence-corrected chi connectivity index (χ3v) is 6.55. The molecule has 0 saturated carbocycles. The van der Waals surface area contributed by atoms with Crippen LogP contribution in [0.15, 0.2) is 30.5 Å². The highest BCUT2D eigenvalue weighted by molar-refractivity contribution is 6.25. The fourth-order valence-corrected chi connectivity index (χ4v) is 4.51. The number of fused-ring (bicyclic) bond motifs is 1. The summed E-state index contributed by atoms with van der Waals surface area (Å²) in [6.07, 6.45) is 2.84. The molecule has 1 aromatic carbocycles. The molecule has 3 atom stereocenters. The number of ether oxygens (including phenoxy) is 1. The predicted molar refractivity (Wildman–Crippen MR) is 161 cm³/mol. The van der Waals surface area contributed by atoms with Crippen molar-refractivity contribution in [1.29, 1.82) is 0 Å². The number of rotatable bonds is 18. The van der Waals surface area contributed by atoms with Crippen molar-refractivity contribution < 1.29 is 38.3 Å². The maximum Gasteiger partial charge on any atom is 0.328 e. The quantitative estimate of drug-likeness (QED) is 0.0544. The molecule has 14 heteroatoms. The van der Waals surface area contributed by atoms with Gasteiger partial charge in [-0.3, -0.25) is 24.0 Å². The van der Waals surface area contributed by atoms with Crippen LogP contribution in [0.4, 0.5) is 0 Å². The maximum atomic E-state index is 13.5. The Kier molecular flexibility index (Phi) is 14.4. The number of Topliss-reactive ketones (excluding diaryl/α,β-unsaturated/α-hetero) is 1. The molecule has 1 heterocycles. The first-order valence-corrected chi connectivity index (χ1v) is 14.5. The van der Waals surface area contributed by atoms with Crippen LogP contribution in [0.25, 0.3) is 16.4 Å². The molecule has 0 aliphatic rings. The summed E-state index contributed by atoms with van der Waals surface area (Å²) in [7, 11) is 0. The third kappa shape index (κ3) is 12.2. The summed E-state index contributed by atoms with van der Waals surface area (Å²) in [4.78, 5) is 80.8. The van der Waals surface area contributed by atoms with Crippen molar-refractivity contribution in [3.8, 4) is 0 Å². The van der Waals surface area contributed by atoms with Gasteiger partial charge in [0.1, 0.15) is 18.1 Å². The minimum atomic E-state index is -1.22. The van der Waals surface area contributed by atoms with E-state index in [1.165, 1.54) is 13.8 Å². The number of esters is 1. The van der Waals surface area contributed by atoms with Crippen molar-refractivity contribution in [2.75, 3.05) is 6.54 Å². The molecule has 14 nitrogen and oxygen atoms in total. The number of carbonyl (C=O) groups is 6. The molecule has 2 rings (SSSR count). The maximum absolute atomic E-state index is 13.5. The zero-order chi connectivity index (χ0) is 32.6. The first kappa shape index (κ1) is 35.4. The van der Waals surface area contributed by atoms with Gasteiger partial charge in [0.2, 0.25) is 29.4 Å². The Bertz CT molecular complexity index is 1380. The van der Waals surface area contributed by atoms with E-state index in [0.29, 0.717) is 25.6 Å². The minimum Gasteiger partial charge on any atom is -0.461 e. The van der Waals surface area contributed by atoms with Crippen LogP contribution in [-0.2, 0) is 39.9 Å². The number of carbonyl (C=O) groups excluding carboxylic acids is 6. The highest BCUT2D eigenvalue weighted by Crippen LogP contribution is 2.19. The number of hydrogen-bond donors (Lipinski definition) is 5. The van der Waals surface area contributed by atoms with Gasteiger partial charge in [-0.2, -0.15) is 4.79 Å². The van der Waals surface area contributed by atoms with Gasteiger partial charge in [-0.05, 0) is 51.2 Å². The molecule has 2 aromatic rings. The number of benzene rings is 1. The molecule has 0 radical (unpaired) electrons. The normalized spacial score (nSPS) is 12.8. The number of hydrogen-bond acceptors (Lipinski definition) is 7. The lowest BCUT2D eigenvalue weighted by atomic mass is 10.0. The Morgan fingerprint density at radius 1 is 0.909 bits per heavy atom. The van der Waals surface area contributed by atoms with Gasteiger partial charge in [0.25, 0.3) is 0 Å². The molecule has 5 N–H and O–H groups in total. The van der Waals surface area contributed by atoms with Crippen LogP contribution in [-0.4, -0.2) is 82.1 Å². The second-order valence-electron chi connectivity index (χ2n) is 10.7. The van der Waals surface area contributed by atoms with Crippen LogP contribution in [0.3, 0.4) is 0 Å². The number of nitrogens with zero attached hydrogens (tertiary/aromatic N) is 2. The Morgan fingerprint density at radius 3 is 2.25 bits per heavy atom. The number of amides is 4. The Labute approximate surface area is 255 Å². The average Bonchev–Trinajstić information content (AvgIpc) is 3.35. The minimum absolute atomic E-state index is 0.138. The van der Waals surface area contributed by atoms with Gasteiger partial charge >= 0.3 is 12.2 Å². The van der Waals surface area contributed by atoms with Gasteiger partial charge in [0.05, 0.1) is 6.10 Å².